The Morgan fingerprint density at radius 2 is 1.64 bits per heavy atom. The highest BCUT2D eigenvalue weighted by atomic mass is 35.5. The smallest absolute Gasteiger partial charge is 0.244 e. The third-order valence-electron chi connectivity index (χ3n) is 4.97. The predicted octanol–water partition coefficient (Wildman–Crippen LogP) is 5.89. The Kier molecular flexibility index (Phi) is 7.80. The van der Waals surface area contributed by atoms with Crippen molar-refractivity contribution >= 4 is 44.8 Å². The Labute approximate surface area is 203 Å². The van der Waals surface area contributed by atoms with E-state index in [1.54, 1.807) is 44.2 Å². The van der Waals surface area contributed by atoms with Crippen LogP contribution >= 0.6 is 23.2 Å². The SMILES string of the molecule is Cc1cc(C)c(S(=O)(=O)N(CC(=O)Nc2cccc(F)c2)Cc2ccc(Cl)c(Cl)c2)c(C)c1. The van der Waals surface area contributed by atoms with Crippen molar-refractivity contribution in [2.75, 3.05) is 11.9 Å². The first-order valence-corrected chi connectivity index (χ1v) is 12.2. The number of anilines is 1. The van der Waals surface area contributed by atoms with Gasteiger partial charge in [0.15, 0.2) is 0 Å². The van der Waals surface area contributed by atoms with E-state index in [4.69, 9.17) is 23.2 Å². The minimum Gasteiger partial charge on any atom is -0.325 e. The van der Waals surface area contributed by atoms with Crippen molar-refractivity contribution in [1.82, 2.24) is 4.31 Å². The Morgan fingerprint density at radius 1 is 0.970 bits per heavy atom. The van der Waals surface area contributed by atoms with E-state index in [9.17, 15) is 17.6 Å². The van der Waals surface area contributed by atoms with E-state index in [-0.39, 0.29) is 22.2 Å². The standard InChI is InChI=1S/C24H23Cl2FN2O3S/c1-15-9-16(2)24(17(3)10-15)33(31,32)29(13-18-7-8-21(25)22(26)11-18)14-23(30)28-20-6-4-5-19(27)12-20/h4-12H,13-14H2,1-3H3,(H,28,30). The second kappa shape index (κ2) is 10.2. The fourth-order valence-electron chi connectivity index (χ4n) is 3.70. The molecular formula is C24H23Cl2FN2O3S. The molecule has 9 heteroatoms. The Hall–Kier alpha value is -2.45. The maximum absolute atomic E-state index is 13.7. The lowest BCUT2D eigenvalue weighted by Gasteiger charge is -2.24. The fourth-order valence-corrected chi connectivity index (χ4v) is 5.81. The van der Waals surface area contributed by atoms with Gasteiger partial charge in [-0.3, -0.25) is 4.79 Å². The highest BCUT2D eigenvalue weighted by Gasteiger charge is 2.30. The molecule has 174 valence electrons. The zero-order valence-electron chi connectivity index (χ0n) is 18.3. The van der Waals surface area contributed by atoms with Crippen LogP contribution in [0.25, 0.3) is 0 Å². The van der Waals surface area contributed by atoms with Crippen molar-refractivity contribution in [1.29, 1.82) is 0 Å². The van der Waals surface area contributed by atoms with Gasteiger partial charge in [-0.25, -0.2) is 12.8 Å². The van der Waals surface area contributed by atoms with Gasteiger partial charge in [0, 0.05) is 12.2 Å². The molecule has 0 radical (unpaired) electrons. The minimum absolute atomic E-state index is 0.109. The summed E-state index contributed by atoms with van der Waals surface area (Å²) in [7, 11) is -4.07. The number of aryl methyl sites for hydroxylation is 3. The van der Waals surface area contributed by atoms with Gasteiger partial charge in [0.2, 0.25) is 15.9 Å². The Bertz CT molecular complexity index is 1290. The molecule has 33 heavy (non-hydrogen) atoms. The van der Waals surface area contributed by atoms with E-state index in [1.165, 1.54) is 18.2 Å². The first-order chi connectivity index (χ1) is 15.5. The van der Waals surface area contributed by atoms with Crippen LogP contribution < -0.4 is 5.32 Å². The molecule has 0 aliphatic carbocycles. The van der Waals surface area contributed by atoms with Crippen molar-refractivity contribution in [2.24, 2.45) is 0 Å². The number of hydrogen-bond donors (Lipinski definition) is 1. The summed E-state index contributed by atoms with van der Waals surface area (Å²) in [5.41, 5.74) is 2.89. The van der Waals surface area contributed by atoms with Gasteiger partial charge in [-0.15, -0.1) is 0 Å². The van der Waals surface area contributed by atoms with E-state index in [2.05, 4.69) is 5.32 Å². The lowest BCUT2D eigenvalue weighted by atomic mass is 10.1. The largest absolute Gasteiger partial charge is 0.325 e. The van der Waals surface area contributed by atoms with Gasteiger partial charge in [-0.05, 0) is 67.8 Å². The summed E-state index contributed by atoms with van der Waals surface area (Å²) in [4.78, 5) is 12.9. The molecule has 3 aromatic carbocycles. The number of carbonyl (C=O) groups excluding carboxylic acids is 1. The van der Waals surface area contributed by atoms with Gasteiger partial charge in [0.25, 0.3) is 0 Å². The van der Waals surface area contributed by atoms with Crippen LogP contribution in [0.2, 0.25) is 10.0 Å². The van der Waals surface area contributed by atoms with Gasteiger partial charge in [-0.2, -0.15) is 4.31 Å². The van der Waals surface area contributed by atoms with Gasteiger partial charge >= 0.3 is 0 Å². The predicted molar refractivity (Wildman–Crippen MR) is 130 cm³/mol. The van der Waals surface area contributed by atoms with Crippen molar-refractivity contribution in [2.45, 2.75) is 32.2 Å². The van der Waals surface area contributed by atoms with E-state index < -0.39 is 28.3 Å². The summed E-state index contributed by atoms with van der Waals surface area (Å²) in [6.45, 7) is 4.73. The molecule has 0 aliphatic rings. The maximum Gasteiger partial charge on any atom is 0.244 e. The monoisotopic (exact) mass is 508 g/mol. The molecule has 0 atom stereocenters. The summed E-state index contributed by atoms with van der Waals surface area (Å²) in [5, 5.41) is 3.16. The third kappa shape index (κ3) is 6.12. The molecule has 0 saturated carbocycles. The number of carbonyl (C=O) groups is 1. The zero-order valence-corrected chi connectivity index (χ0v) is 20.7. The zero-order chi connectivity index (χ0) is 24.3. The average molecular weight is 509 g/mol. The first kappa shape index (κ1) is 25.2. The fraction of sp³-hybridized carbons (Fsp3) is 0.208. The number of halogens is 3. The van der Waals surface area contributed by atoms with Gasteiger partial charge < -0.3 is 5.32 Å². The van der Waals surface area contributed by atoms with Gasteiger partial charge in [-0.1, -0.05) is 53.0 Å². The summed E-state index contributed by atoms with van der Waals surface area (Å²) in [6, 6.07) is 13.7. The van der Waals surface area contributed by atoms with Crippen LogP contribution in [0.1, 0.15) is 22.3 Å². The number of nitrogens with zero attached hydrogens (tertiary/aromatic N) is 1. The molecule has 0 aliphatic heterocycles. The number of nitrogens with one attached hydrogen (secondary N) is 1. The first-order valence-electron chi connectivity index (χ1n) is 10.0. The van der Waals surface area contributed by atoms with E-state index in [1.807, 2.05) is 6.92 Å². The molecule has 0 saturated heterocycles. The lowest BCUT2D eigenvalue weighted by molar-refractivity contribution is -0.116. The normalized spacial score (nSPS) is 11.6. The van der Waals surface area contributed by atoms with Crippen LogP contribution in [0.5, 0.6) is 0 Å². The van der Waals surface area contributed by atoms with E-state index in [0.717, 1.165) is 15.9 Å². The van der Waals surface area contributed by atoms with Crippen LogP contribution in [0.4, 0.5) is 10.1 Å². The molecule has 1 amide bonds. The number of benzene rings is 3. The molecule has 0 fully saturated rings. The summed E-state index contributed by atoms with van der Waals surface area (Å²) >= 11 is 12.1. The van der Waals surface area contributed by atoms with Crippen molar-refractivity contribution < 1.29 is 17.6 Å². The van der Waals surface area contributed by atoms with Crippen LogP contribution in [-0.4, -0.2) is 25.2 Å². The number of hydrogen-bond acceptors (Lipinski definition) is 3. The van der Waals surface area contributed by atoms with Crippen molar-refractivity contribution in [3.63, 3.8) is 0 Å². The number of rotatable bonds is 7. The average Bonchev–Trinajstić information content (AvgIpc) is 2.69. The van der Waals surface area contributed by atoms with Gasteiger partial charge in [0.05, 0.1) is 21.5 Å². The molecule has 0 spiro atoms. The molecule has 1 N–H and O–H groups in total. The molecule has 5 nitrogen and oxygen atoms in total. The molecule has 0 aromatic heterocycles. The van der Waals surface area contributed by atoms with Gasteiger partial charge in [0.1, 0.15) is 5.82 Å². The van der Waals surface area contributed by atoms with Crippen molar-refractivity contribution in [3.8, 4) is 0 Å². The Balaban J connectivity index is 1.99. The Morgan fingerprint density at radius 3 is 2.24 bits per heavy atom. The quantitative estimate of drug-likeness (QED) is 0.432. The number of sulfonamides is 1. The topological polar surface area (TPSA) is 66.5 Å². The van der Waals surface area contributed by atoms with Crippen LogP contribution in [0.3, 0.4) is 0 Å². The molecule has 3 aromatic rings. The molecular weight excluding hydrogens is 486 g/mol. The van der Waals surface area contributed by atoms with Crippen LogP contribution in [0.15, 0.2) is 59.5 Å². The highest BCUT2D eigenvalue weighted by Crippen LogP contribution is 2.28. The highest BCUT2D eigenvalue weighted by molar-refractivity contribution is 7.89. The second-order valence-corrected chi connectivity index (χ2v) is 10.5. The van der Waals surface area contributed by atoms with Crippen molar-refractivity contribution in [3.05, 3.63) is 92.7 Å². The van der Waals surface area contributed by atoms with Crippen LogP contribution in [-0.2, 0) is 21.4 Å². The molecule has 0 bridgehead atoms. The van der Waals surface area contributed by atoms with E-state index >= 15 is 0 Å². The minimum atomic E-state index is -4.07. The molecule has 3 rings (SSSR count). The number of amides is 1. The summed E-state index contributed by atoms with van der Waals surface area (Å²) in [6.07, 6.45) is 0. The summed E-state index contributed by atoms with van der Waals surface area (Å²) < 4.78 is 42.0. The molecule has 0 heterocycles. The lowest BCUT2D eigenvalue weighted by Crippen LogP contribution is -2.38. The van der Waals surface area contributed by atoms with Crippen LogP contribution in [0, 0.1) is 26.6 Å². The second-order valence-electron chi connectivity index (χ2n) is 7.81. The molecule has 0 unspecified atom stereocenters. The third-order valence-corrected chi connectivity index (χ3v) is 7.81. The van der Waals surface area contributed by atoms with E-state index in [0.29, 0.717) is 21.7 Å². The summed E-state index contributed by atoms with van der Waals surface area (Å²) in [5.74, 6) is -1.12. The maximum atomic E-state index is 13.7.